The molecule has 0 amide bonds. The number of nitrogens with one attached hydrogen (secondary N) is 2. The van der Waals surface area contributed by atoms with E-state index < -0.39 is 9.84 Å². The van der Waals surface area contributed by atoms with Crippen molar-refractivity contribution in [2.45, 2.75) is 11.5 Å². The standard InChI is InChI=1S/C23H28N6O3S/c1-28-8-10-29(11-9-28)20-13-19(14-21(15-20)33(2,31)32)26-23-24-7-6-22(27-23)25-18-5-3-4-17(12-18)16-30/h3-7,12-15,30H,8-11,16H2,1-2H3,(H2,24,25,26,27). The molecule has 1 fully saturated rings. The monoisotopic (exact) mass is 468 g/mol. The molecule has 0 bridgehead atoms. The lowest BCUT2D eigenvalue weighted by molar-refractivity contribution is 0.282. The quantitative estimate of drug-likeness (QED) is 0.482. The molecule has 9 nitrogen and oxygen atoms in total. The number of aliphatic hydroxyl groups is 1. The van der Waals surface area contributed by atoms with E-state index in [4.69, 9.17) is 0 Å². The van der Waals surface area contributed by atoms with E-state index in [-0.39, 0.29) is 11.5 Å². The highest BCUT2D eigenvalue weighted by Gasteiger charge is 2.18. The molecule has 2 aromatic carbocycles. The van der Waals surface area contributed by atoms with Crippen LogP contribution in [0.2, 0.25) is 0 Å². The second kappa shape index (κ2) is 9.74. The Bertz CT molecular complexity index is 1230. The zero-order chi connectivity index (χ0) is 23.4. The van der Waals surface area contributed by atoms with Gasteiger partial charge in [-0.3, -0.25) is 0 Å². The van der Waals surface area contributed by atoms with E-state index in [1.165, 1.54) is 6.26 Å². The van der Waals surface area contributed by atoms with Gasteiger partial charge in [-0.05, 0) is 49.0 Å². The number of sulfone groups is 1. The number of benzene rings is 2. The molecule has 0 saturated carbocycles. The maximum absolute atomic E-state index is 12.3. The number of piperazine rings is 1. The van der Waals surface area contributed by atoms with Gasteiger partial charge in [0.1, 0.15) is 5.82 Å². The van der Waals surface area contributed by atoms with E-state index >= 15 is 0 Å². The third kappa shape index (κ3) is 5.98. The maximum Gasteiger partial charge on any atom is 0.229 e. The van der Waals surface area contributed by atoms with Gasteiger partial charge in [0.15, 0.2) is 9.84 Å². The van der Waals surface area contributed by atoms with Crippen molar-refractivity contribution < 1.29 is 13.5 Å². The SMILES string of the molecule is CN1CCN(c2cc(Nc3nccc(Nc4cccc(CO)c4)n3)cc(S(C)(=O)=O)c2)CC1. The lowest BCUT2D eigenvalue weighted by Gasteiger charge is -2.34. The molecule has 0 radical (unpaired) electrons. The molecule has 1 aliphatic heterocycles. The van der Waals surface area contributed by atoms with Gasteiger partial charge in [-0.15, -0.1) is 0 Å². The minimum Gasteiger partial charge on any atom is -0.392 e. The summed E-state index contributed by atoms with van der Waals surface area (Å²) in [6.07, 6.45) is 2.83. The van der Waals surface area contributed by atoms with Crippen molar-refractivity contribution in [3.63, 3.8) is 0 Å². The van der Waals surface area contributed by atoms with Crippen LogP contribution >= 0.6 is 0 Å². The predicted molar refractivity (Wildman–Crippen MR) is 130 cm³/mol. The van der Waals surface area contributed by atoms with Crippen molar-refractivity contribution in [2.75, 3.05) is 55.0 Å². The van der Waals surface area contributed by atoms with Gasteiger partial charge in [0.2, 0.25) is 5.95 Å². The number of likely N-dealkylation sites (N-methyl/N-ethyl adjacent to an activating group) is 1. The number of nitrogens with zero attached hydrogens (tertiary/aromatic N) is 4. The first kappa shape index (κ1) is 23.0. The maximum atomic E-state index is 12.3. The van der Waals surface area contributed by atoms with Crippen LogP contribution in [0.1, 0.15) is 5.56 Å². The van der Waals surface area contributed by atoms with Gasteiger partial charge in [0.25, 0.3) is 0 Å². The Morgan fingerprint density at radius 1 is 1.00 bits per heavy atom. The van der Waals surface area contributed by atoms with Crippen LogP contribution < -0.4 is 15.5 Å². The number of anilines is 5. The molecule has 0 unspecified atom stereocenters. The van der Waals surface area contributed by atoms with Gasteiger partial charge in [0.05, 0.1) is 11.5 Å². The van der Waals surface area contributed by atoms with E-state index in [1.807, 2.05) is 30.3 Å². The smallest absolute Gasteiger partial charge is 0.229 e. The number of hydrogen-bond donors (Lipinski definition) is 3. The van der Waals surface area contributed by atoms with Crippen molar-refractivity contribution >= 4 is 38.7 Å². The molecule has 174 valence electrons. The van der Waals surface area contributed by atoms with E-state index in [0.29, 0.717) is 17.5 Å². The Morgan fingerprint density at radius 3 is 2.52 bits per heavy atom. The summed E-state index contributed by atoms with van der Waals surface area (Å²) >= 11 is 0. The third-order valence-electron chi connectivity index (χ3n) is 5.48. The van der Waals surface area contributed by atoms with Gasteiger partial charge >= 0.3 is 0 Å². The fourth-order valence-corrected chi connectivity index (χ4v) is 4.31. The summed E-state index contributed by atoms with van der Waals surface area (Å²) in [4.78, 5) is 13.5. The summed E-state index contributed by atoms with van der Waals surface area (Å²) in [7, 11) is -1.32. The average Bonchev–Trinajstić information content (AvgIpc) is 2.79. The normalized spacial score (nSPS) is 14.8. The molecular formula is C23H28N6O3S. The molecule has 1 aliphatic rings. The fourth-order valence-electron chi connectivity index (χ4n) is 3.63. The van der Waals surface area contributed by atoms with E-state index in [9.17, 15) is 13.5 Å². The second-order valence-corrected chi connectivity index (χ2v) is 10.2. The summed E-state index contributed by atoms with van der Waals surface area (Å²) in [5.41, 5.74) is 3.04. The highest BCUT2D eigenvalue weighted by molar-refractivity contribution is 7.90. The van der Waals surface area contributed by atoms with Gasteiger partial charge in [-0.2, -0.15) is 4.98 Å². The highest BCUT2D eigenvalue weighted by atomic mass is 32.2. The molecule has 1 aromatic heterocycles. The number of rotatable bonds is 7. The Kier molecular flexibility index (Phi) is 6.77. The molecule has 3 aromatic rings. The van der Waals surface area contributed by atoms with Crippen LogP contribution in [0.3, 0.4) is 0 Å². The number of aromatic nitrogens is 2. The van der Waals surface area contributed by atoms with Gasteiger partial charge in [-0.25, -0.2) is 13.4 Å². The third-order valence-corrected chi connectivity index (χ3v) is 6.57. The van der Waals surface area contributed by atoms with Crippen LogP contribution in [-0.2, 0) is 16.4 Å². The lowest BCUT2D eigenvalue weighted by atomic mass is 10.2. The first-order valence-electron chi connectivity index (χ1n) is 10.7. The summed E-state index contributed by atoms with van der Waals surface area (Å²) in [5.74, 6) is 0.912. The molecule has 1 saturated heterocycles. The molecule has 0 aliphatic carbocycles. The zero-order valence-corrected chi connectivity index (χ0v) is 19.5. The summed E-state index contributed by atoms with van der Waals surface area (Å²) in [6, 6.07) is 14.4. The van der Waals surface area contributed by atoms with Crippen molar-refractivity contribution in [3.8, 4) is 0 Å². The van der Waals surface area contributed by atoms with E-state index in [2.05, 4.69) is 37.4 Å². The average molecular weight is 469 g/mol. The fraction of sp³-hybridized carbons (Fsp3) is 0.304. The highest BCUT2D eigenvalue weighted by Crippen LogP contribution is 2.28. The lowest BCUT2D eigenvalue weighted by Crippen LogP contribution is -2.44. The first-order valence-corrected chi connectivity index (χ1v) is 12.5. The Hall–Kier alpha value is -3.21. The largest absolute Gasteiger partial charge is 0.392 e. The van der Waals surface area contributed by atoms with Crippen molar-refractivity contribution in [1.29, 1.82) is 0 Å². The first-order chi connectivity index (χ1) is 15.8. The van der Waals surface area contributed by atoms with E-state index in [0.717, 1.165) is 43.1 Å². The minimum absolute atomic E-state index is 0.0432. The van der Waals surface area contributed by atoms with Gasteiger partial charge in [-0.1, -0.05) is 12.1 Å². The molecule has 0 spiro atoms. The molecule has 4 rings (SSSR count). The topological polar surface area (TPSA) is 111 Å². The van der Waals surface area contributed by atoms with Crippen molar-refractivity contribution in [2.24, 2.45) is 0 Å². The molecule has 33 heavy (non-hydrogen) atoms. The van der Waals surface area contributed by atoms with Crippen molar-refractivity contribution in [3.05, 3.63) is 60.3 Å². The van der Waals surface area contributed by atoms with Crippen LogP contribution in [0.4, 0.5) is 28.8 Å². The molecule has 10 heteroatoms. The summed E-state index contributed by atoms with van der Waals surface area (Å²) in [5, 5.41) is 15.7. The molecule has 3 N–H and O–H groups in total. The molecule has 2 heterocycles. The Morgan fingerprint density at radius 2 is 1.79 bits per heavy atom. The van der Waals surface area contributed by atoms with Crippen LogP contribution in [0.15, 0.2) is 59.6 Å². The second-order valence-electron chi connectivity index (χ2n) is 8.15. The van der Waals surface area contributed by atoms with E-state index in [1.54, 1.807) is 24.4 Å². The number of aliphatic hydroxyl groups excluding tert-OH is 1. The van der Waals surface area contributed by atoms with Crippen LogP contribution in [0.25, 0.3) is 0 Å². The van der Waals surface area contributed by atoms with Gasteiger partial charge in [0, 0.05) is 55.7 Å². The zero-order valence-electron chi connectivity index (χ0n) is 18.7. The van der Waals surface area contributed by atoms with Gasteiger partial charge < -0.3 is 25.5 Å². The summed E-state index contributed by atoms with van der Waals surface area (Å²) < 4.78 is 24.6. The minimum atomic E-state index is -3.40. The van der Waals surface area contributed by atoms with Crippen LogP contribution in [0, 0.1) is 0 Å². The van der Waals surface area contributed by atoms with Crippen LogP contribution in [0.5, 0.6) is 0 Å². The summed E-state index contributed by atoms with van der Waals surface area (Å²) in [6.45, 7) is 3.44. The Labute approximate surface area is 194 Å². The Balaban J connectivity index is 1.59. The molecule has 0 atom stereocenters. The van der Waals surface area contributed by atoms with Crippen LogP contribution in [-0.4, -0.2) is 67.9 Å². The van der Waals surface area contributed by atoms with Crippen molar-refractivity contribution in [1.82, 2.24) is 14.9 Å². The number of hydrogen-bond acceptors (Lipinski definition) is 9. The molecular weight excluding hydrogens is 440 g/mol. The predicted octanol–water partition coefficient (Wildman–Crippen LogP) is 2.61.